The molecule has 5 heteroatoms. The first-order valence-corrected chi connectivity index (χ1v) is 7.60. The normalized spacial score (nSPS) is 14.6. The van der Waals surface area contributed by atoms with Gasteiger partial charge in [0.25, 0.3) is 0 Å². The van der Waals surface area contributed by atoms with Crippen LogP contribution in [0.15, 0.2) is 12.2 Å². The fourth-order valence-corrected chi connectivity index (χ4v) is 1.98. The molecule has 0 aromatic heterocycles. The number of ketones is 1. The molecular weight excluding hydrogens is 250 g/mol. The number of rotatable bonds is 10. The van der Waals surface area contributed by atoms with E-state index in [1.54, 1.807) is 6.08 Å². The van der Waals surface area contributed by atoms with Gasteiger partial charge in [0, 0.05) is 0 Å². The second-order valence-corrected chi connectivity index (χ2v) is 5.27. The number of hydrogen-bond acceptors (Lipinski definition) is 4. The lowest BCUT2D eigenvalue weighted by Gasteiger charge is -2.20. The molecular formula is C13H23NO3S. The van der Waals surface area contributed by atoms with Crippen molar-refractivity contribution < 1.29 is 14.7 Å². The van der Waals surface area contributed by atoms with E-state index < -0.39 is 17.3 Å². The standard InChI is InChI=1S/C13H23NO3S/c1-3-4-5-6-7-8-11(15)13(14,12(16)17)9-10-18-2/h7-8H,3-6,9-10,14H2,1-2H3,(H,16,17)/b8-7+. The number of carboxylic acid groups (broad SMARTS) is 1. The highest BCUT2D eigenvalue weighted by atomic mass is 32.2. The third-order valence-electron chi connectivity index (χ3n) is 2.77. The first-order chi connectivity index (χ1) is 8.49. The highest BCUT2D eigenvalue weighted by molar-refractivity contribution is 7.98. The van der Waals surface area contributed by atoms with Crippen molar-refractivity contribution in [2.24, 2.45) is 5.73 Å². The van der Waals surface area contributed by atoms with Crippen molar-refractivity contribution >= 4 is 23.5 Å². The Bertz CT molecular complexity index is 305. The molecule has 104 valence electrons. The number of carbonyl (C=O) groups is 2. The van der Waals surface area contributed by atoms with E-state index in [1.165, 1.54) is 17.8 Å². The number of nitrogens with two attached hydrogens (primary N) is 1. The molecule has 0 aliphatic carbocycles. The third-order valence-corrected chi connectivity index (χ3v) is 3.38. The molecule has 0 saturated heterocycles. The van der Waals surface area contributed by atoms with Crippen LogP contribution in [-0.2, 0) is 9.59 Å². The fourth-order valence-electron chi connectivity index (χ4n) is 1.45. The van der Waals surface area contributed by atoms with Crippen LogP contribution in [-0.4, -0.2) is 34.4 Å². The van der Waals surface area contributed by atoms with Gasteiger partial charge in [0.1, 0.15) is 0 Å². The predicted octanol–water partition coefficient (Wildman–Crippen LogP) is 2.23. The molecule has 0 aliphatic rings. The van der Waals surface area contributed by atoms with E-state index in [1.807, 2.05) is 6.26 Å². The smallest absolute Gasteiger partial charge is 0.331 e. The lowest BCUT2D eigenvalue weighted by molar-refractivity contribution is -0.147. The van der Waals surface area contributed by atoms with E-state index >= 15 is 0 Å². The zero-order chi connectivity index (χ0) is 14.0. The van der Waals surface area contributed by atoms with E-state index in [2.05, 4.69) is 6.92 Å². The summed E-state index contributed by atoms with van der Waals surface area (Å²) < 4.78 is 0. The van der Waals surface area contributed by atoms with Gasteiger partial charge in [-0.25, -0.2) is 4.79 Å². The van der Waals surface area contributed by atoms with Gasteiger partial charge in [-0.15, -0.1) is 0 Å². The minimum Gasteiger partial charge on any atom is -0.480 e. The van der Waals surface area contributed by atoms with E-state index in [0.29, 0.717) is 5.75 Å². The molecule has 0 aromatic rings. The zero-order valence-electron chi connectivity index (χ0n) is 11.1. The first-order valence-electron chi connectivity index (χ1n) is 6.21. The average Bonchev–Trinajstić information content (AvgIpc) is 2.35. The second-order valence-electron chi connectivity index (χ2n) is 4.28. The van der Waals surface area contributed by atoms with E-state index in [9.17, 15) is 9.59 Å². The molecule has 0 heterocycles. The summed E-state index contributed by atoms with van der Waals surface area (Å²) >= 11 is 1.48. The summed E-state index contributed by atoms with van der Waals surface area (Å²) in [5.74, 6) is -1.21. The minimum absolute atomic E-state index is 0.154. The molecule has 0 rings (SSSR count). The quantitative estimate of drug-likeness (QED) is 0.362. The summed E-state index contributed by atoms with van der Waals surface area (Å²) in [5, 5.41) is 9.08. The van der Waals surface area contributed by atoms with Gasteiger partial charge in [0.15, 0.2) is 11.3 Å². The third kappa shape index (κ3) is 5.69. The van der Waals surface area contributed by atoms with Gasteiger partial charge in [-0.3, -0.25) is 4.79 Å². The fraction of sp³-hybridized carbons (Fsp3) is 0.692. The Hall–Kier alpha value is -0.810. The summed E-state index contributed by atoms with van der Waals surface area (Å²) in [6, 6.07) is 0. The molecule has 0 bridgehead atoms. The second kappa shape index (κ2) is 9.16. The number of aliphatic carboxylic acids is 1. The predicted molar refractivity (Wildman–Crippen MR) is 75.8 cm³/mol. The molecule has 0 aliphatic heterocycles. The van der Waals surface area contributed by atoms with Gasteiger partial charge in [-0.1, -0.05) is 25.8 Å². The highest BCUT2D eigenvalue weighted by Gasteiger charge is 2.39. The van der Waals surface area contributed by atoms with Crippen molar-refractivity contribution in [1.82, 2.24) is 0 Å². The van der Waals surface area contributed by atoms with Gasteiger partial charge < -0.3 is 10.8 Å². The maximum Gasteiger partial charge on any atom is 0.331 e. The number of allylic oxidation sites excluding steroid dienone is 1. The van der Waals surface area contributed by atoms with Crippen molar-refractivity contribution in [3.8, 4) is 0 Å². The molecule has 1 atom stereocenters. The van der Waals surface area contributed by atoms with Gasteiger partial charge in [-0.2, -0.15) is 11.8 Å². The monoisotopic (exact) mass is 273 g/mol. The Morgan fingerprint density at radius 2 is 2.06 bits per heavy atom. The molecule has 0 radical (unpaired) electrons. The molecule has 3 N–H and O–H groups in total. The Balaban J connectivity index is 4.43. The molecule has 0 amide bonds. The zero-order valence-corrected chi connectivity index (χ0v) is 12.0. The highest BCUT2D eigenvalue weighted by Crippen LogP contribution is 2.14. The Morgan fingerprint density at radius 1 is 1.39 bits per heavy atom. The van der Waals surface area contributed by atoms with Crippen molar-refractivity contribution in [2.45, 2.75) is 44.6 Å². The SMILES string of the molecule is CCCCC/C=C/C(=O)C(N)(CCSC)C(=O)O. The molecule has 0 saturated carbocycles. The lowest BCUT2D eigenvalue weighted by atomic mass is 9.91. The van der Waals surface area contributed by atoms with Crippen LogP contribution < -0.4 is 5.73 Å². The van der Waals surface area contributed by atoms with E-state index in [4.69, 9.17) is 10.8 Å². The van der Waals surface area contributed by atoms with Crippen LogP contribution in [0.2, 0.25) is 0 Å². The van der Waals surface area contributed by atoms with Crippen LogP contribution >= 0.6 is 11.8 Å². The van der Waals surface area contributed by atoms with Gasteiger partial charge in [0.2, 0.25) is 0 Å². The van der Waals surface area contributed by atoms with Crippen LogP contribution in [0.25, 0.3) is 0 Å². The van der Waals surface area contributed by atoms with Crippen molar-refractivity contribution in [3.63, 3.8) is 0 Å². The maximum atomic E-state index is 11.8. The molecule has 1 unspecified atom stereocenters. The number of unbranched alkanes of at least 4 members (excludes halogenated alkanes) is 3. The van der Waals surface area contributed by atoms with Gasteiger partial charge >= 0.3 is 5.97 Å². The summed E-state index contributed by atoms with van der Waals surface area (Å²) in [5.41, 5.74) is 3.92. The first kappa shape index (κ1) is 17.2. The van der Waals surface area contributed by atoms with Crippen molar-refractivity contribution in [2.75, 3.05) is 12.0 Å². The molecule has 0 spiro atoms. The Labute approximate surface area is 113 Å². The molecule has 4 nitrogen and oxygen atoms in total. The van der Waals surface area contributed by atoms with Crippen LogP contribution in [0.1, 0.15) is 39.0 Å². The maximum absolute atomic E-state index is 11.8. The summed E-state index contributed by atoms with van der Waals surface area (Å²) in [7, 11) is 0. The van der Waals surface area contributed by atoms with E-state index in [-0.39, 0.29) is 6.42 Å². The number of hydrogen-bond donors (Lipinski definition) is 2. The Kier molecular flexibility index (Phi) is 8.75. The molecule has 18 heavy (non-hydrogen) atoms. The number of thioether (sulfide) groups is 1. The van der Waals surface area contributed by atoms with Crippen LogP contribution in [0, 0.1) is 0 Å². The minimum atomic E-state index is -1.77. The van der Waals surface area contributed by atoms with Gasteiger partial charge in [-0.05, 0) is 37.3 Å². The largest absolute Gasteiger partial charge is 0.480 e. The van der Waals surface area contributed by atoms with E-state index in [0.717, 1.165) is 25.7 Å². The van der Waals surface area contributed by atoms with Crippen LogP contribution in [0.4, 0.5) is 0 Å². The average molecular weight is 273 g/mol. The molecule has 0 fully saturated rings. The van der Waals surface area contributed by atoms with Crippen molar-refractivity contribution in [3.05, 3.63) is 12.2 Å². The topological polar surface area (TPSA) is 80.4 Å². The van der Waals surface area contributed by atoms with Crippen LogP contribution in [0.5, 0.6) is 0 Å². The summed E-state index contributed by atoms with van der Waals surface area (Å²) in [4.78, 5) is 23.0. The van der Waals surface area contributed by atoms with Gasteiger partial charge in [0.05, 0.1) is 0 Å². The summed E-state index contributed by atoms with van der Waals surface area (Å²) in [6.45, 7) is 2.10. The number of carboxylic acids is 1. The van der Waals surface area contributed by atoms with Crippen molar-refractivity contribution in [1.29, 1.82) is 0 Å². The number of carbonyl (C=O) groups excluding carboxylic acids is 1. The summed E-state index contributed by atoms with van der Waals surface area (Å²) in [6.07, 6.45) is 9.08. The molecule has 0 aromatic carbocycles. The Morgan fingerprint density at radius 3 is 2.56 bits per heavy atom. The van der Waals surface area contributed by atoms with Crippen LogP contribution in [0.3, 0.4) is 0 Å². The lowest BCUT2D eigenvalue weighted by Crippen LogP contribution is -2.54.